The van der Waals surface area contributed by atoms with Gasteiger partial charge in [-0.1, -0.05) is 43.6 Å². The van der Waals surface area contributed by atoms with E-state index >= 15 is 0 Å². The molecule has 0 unspecified atom stereocenters. The summed E-state index contributed by atoms with van der Waals surface area (Å²) in [6, 6.07) is 8.70. The number of hydrogen-bond acceptors (Lipinski definition) is 5. The van der Waals surface area contributed by atoms with E-state index in [2.05, 4.69) is 19.2 Å². The predicted octanol–water partition coefficient (Wildman–Crippen LogP) is 4.97. The second-order valence-corrected chi connectivity index (χ2v) is 7.33. The minimum absolute atomic E-state index is 0.158. The summed E-state index contributed by atoms with van der Waals surface area (Å²) in [6.45, 7) is 7.54. The highest BCUT2D eigenvalue weighted by atomic mass is 35.5. The summed E-state index contributed by atoms with van der Waals surface area (Å²) in [5.74, 6) is -0.259. The number of carbonyl (C=O) groups is 2. The van der Waals surface area contributed by atoms with Gasteiger partial charge in [-0.15, -0.1) is 0 Å². The molecule has 1 N–H and O–H groups in total. The molecule has 0 spiro atoms. The zero-order chi connectivity index (χ0) is 21.7. The molecule has 0 aliphatic carbocycles. The number of ether oxygens (including phenoxy) is 3. The lowest BCUT2D eigenvalue weighted by molar-refractivity contribution is -0.123. The highest BCUT2D eigenvalue weighted by molar-refractivity contribution is 6.32. The highest BCUT2D eigenvalue weighted by Crippen LogP contribution is 2.36. The van der Waals surface area contributed by atoms with E-state index in [1.165, 1.54) is 33.3 Å². The number of amides is 1. The van der Waals surface area contributed by atoms with Gasteiger partial charge in [0.1, 0.15) is 0 Å². The van der Waals surface area contributed by atoms with Crippen LogP contribution in [0.25, 0.3) is 0 Å². The summed E-state index contributed by atoms with van der Waals surface area (Å²) >= 11 is 6.14. The third-order valence-corrected chi connectivity index (χ3v) is 4.78. The van der Waals surface area contributed by atoms with E-state index in [1.807, 2.05) is 25.1 Å². The number of hydrogen-bond donors (Lipinski definition) is 1. The van der Waals surface area contributed by atoms with Crippen molar-refractivity contribution >= 4 is 29.2 Å². The number of methoxy groups -OCH3 is 2. The van der Waals surface area contributed by atoms with Gasteiger partial charge in [0, 0.05) is 5.69 Å². The Balaban J connectivity index is 2.17. The maximum Gasteiger partial charge on any atom is 0.339 e. The number of aryl methyl sites for hydroxylation is 1. The molecule has 0 saturated carbocycles. The molecule has 0 radical (unpaired) electrons. The van der Waals surface area contributed by atoms with E-state index in [1.54, 1.807) is 0 Å². The minimum Gasteiger partial charge on any atom is -0.493 e. The first kappa shape index (κ1) is 22.6. The summed E-state index contributed by atoms with van der Waals surface area (Å²) in [5.41, 5.74) is 2.86. The van der Waals surface area contributed by atoms with Gasteiger partial charge in [0.2, 0.25) is 0 Å². The van der Waals surface area contributed by atoms with Crippen LogP contribution in [-0.2, 0) is 9.53 Å². The van der Waals surface area contributed by atoms with Crippen LogP contribution in [0.5, 0.6) is 11.5 Å². The predicted molar refractivity (Wildman–Crippen MR) is 113 cm³/mol. The lowest BCUT2D eigenvalue weighted by Crippen LogP contribution is -2.30. The van der Waals surface area contributed by atoms with E-state index in [-0.39, 0.29) is 16.5 Å². The number of benzene rings is 2. The number of carbonyl (C=O) groups excluding carboxylic acids is 2. The fourth-order valence-electron chi connectivity index (χ4n) is 2.89. The molecule has 1 amide bonds. The first-order valence-corrected chi connectivity index (χ1v) is 9.60. The SMILES string of the molecule is COc1cc(C(=O)O[C@@H](C)C(=O)Nc2c(C)cccc2C(C)C)cc(Cl)c1OC. The van der Waals surface area contributed by atoms with E-state index in [0.29, 0.717) is 11.5 Å². The topological polar surface area (TPSA) is 73.9 Å². The molecule has 2 aromatic carbocycles. The highest BCUT2D eigenvalue weighted by Gasteiger charge is 2.23. The summed E-state index contributed by atoms with van der Waals surface area (Å²) < 4.78 is 15.7. The fourth-order valence-corrected chi connectivity index (χ4v) is 3.17. The van der Waals surface area contributed by atoms with Gasteiger partial charge in [-0.2, -0.15) is 0 Å². The number of esters is 1. The van der Waals surface area contributed by atoms with Gasteiger partial charge in [0.25, 0.3) is 5.91 Å². The van der Waals surface area contributed by atoms with E-state index in [9.17, 15) is 9.59 Å². The molecule has 156 valence electrons. The smallest absolute Gasteiger partial charge is 0.339 e. The van der Waals surface area contributed by atoms with Crippen LogP contribution in [0.2, 0.25) is 5.02 Å². The number of anilines is 1. The molecule has 0 aliphatic rings. The summed E-state index contributed by atoms with van der Waals surface area (Å²) in [5, 5.41) is 3.09. The molecule has 1 atom stereocenters. The molecular weight excluding hydrogens is 394 g/mol. The molecule has 0 fully saturated rings. The third kappa shape index (κ3) is 5.21. The second-order valence-electron chi connectivity index (χ2n) is 6.92. The van der Waals surface area contributed by atoms with Crippen molar-refractivity contribution in [1.82, 2.24) is 0 Å². The van der Waals surface area contributed by atoms with Crippen LogP contribution in [0.4, 0.5) is 5.69 Å². The molecular formula is C22H26ClNO5. The van der Waals surface area contributed by atoms with Crippen molar-refractivity contribution in [1.29, 1.82) is 0 Å². The molecule has 0 aliphatic heterocycles. The van der Waals surface area contributed by atoms with Crippen molar-refractivity contribution in [2.24, 2.45) is 0 Å². The summed E-state index contributed by atoms with van der Waals surface area (Å²) in [7, 11) is 2.89. The van der Waals surface area contributed by atoms with Crippen molar-refractivity contribution in [2.75, 3.05) is 19.5 Å². The van der Waals surface area contributed by atoms with Crippen LogP contribution in [-0.4, -0.2) is 32.2 Å². The first-order valence-electron chi connectivity index (χ1n) is 9.22. The van der Waals surface area contributed by atoms with Crippen molar-refractivity contribution in [3.8, 4) is 11.5 Å². The average molecular weight is 420 g/mol. The Morgan fingerprint density at radius 2 is 1.76 bits per heavy atom. The monoisotopic (exact) mass is 419 g/mol. The quantitative estimate of drug-likeness (QED) is 0.641. The lowest BCUT2D eigenvalue weighted by Gasteiger charge is -2.19. The van der Waals surface area contributed by atoms with Crippen molar-refractivity contribution in [2.45, 2.75) is 39.7 Å². The minimum atomic E-state index is -1.01. The number of nitrogens with one attached hydrogen (secondary N) is 1. The summed E-state index contributed by atoms with van der Waals surface area (Å²) in [4.78, 5) is 25.2. The maximum atomic E-state index is 12.6. The van der Waals surface area contributed by atoms with Gasteiger partial charge >= 0.3 is 5.97 Å². The molecule has 0 bridgehead atoms. The van der Waals surface area contributed by atoms with Crippen molar-refractivity contribution in [3.05, 3.63) is 52.0 Å². The average Bonchev–Trinajstić information content (AvgIpc) is 2.68. The molecule has 0 heterocycles. The van der Waals surface area contributed by atoms with Gasteiger partial charge < -0.3 is 19.5 Å². The van der Waals surface area contributed by atoms with E-state index in [0.717, 1.165) is 16.8 Å². The van der Waals surface area contributed by atoms with Crippen LogP contribution in [0.1, 0.15) is 48.2 Å². The van der Waals surface area contributed by atoms with Crippen molar-refractivity contribution in [3.63, 3.8) is 0 Å². The molecule has 0 aromatic heterocycles. The Hall–Kier alpha value is -2.73. The van der Waals surface area contributed by atoms with E-state index in [4.69, 9.17) is 25.8 Å². The number of rotatable bonds is 7. The van der Waals surface area contributed by atoms with Gasteiger partial charge in [-0.05, 0) is 43.0 Å². The molecule has 7 heteroatoms. The van der Waals surface area contributed by atoms with Gasteiger partial charge in [-0.25, -0.2) is 4.79 Å². The molecule has 0 saturated heterocycles. The second kappa shape index (κ2) is 9.65. The van der Waals surface area contributed by atoms with Gasteiger partial charge in [0.15, 0.2) is 17.6 Å². The van der Waals surface area contributed by atoms with Crippen LogP contribution in [0, 0.1) is 6.92 Å². The number of halogens is 1. The third-order valence-electron chi connectivity index (χ3n) is 4.50. The molecule has 2 rings (SSSR count). The number of para-hydroxylation sites is 1. The Labute approximate surface area is 176 Å². The van der Waals surface area contributed by atoms with Crippen molar-refractivity contribution < 1.29 is 23.8 Å². The fraction of sp³-hybridized carbons (Fsp3) is 0.364. The van der Waals surface area contributed by atoms with Gasteiger partial charge in [-0.3, -0.25) is 4.79 Å². The standard InChI is InChI=1S/C22H26ClNO5/c1-12(2)16-9-7-8-13(3)19(16)24-21(25)14(4)29-22(26)15-10-17(23)20(28-6)18(11-15)27-5/h7-12,14H,1-6H3,(H,24,25)/t14-/m0/s1. The Bertz CT molecular complexity index is 910. The zero-order valence-corrected chi connectivity index (χ0v) is 18.2. The normalized spacial score (nSPS) is 11.7. The van der Waals surface area contributed by atoms with Gasteiger partial charge in [0.05, 0.1) is 24.8 Å². The maximum absolute atomic E-state index is 12.6. The molecule has 6 nitrogen and oxygen atoms in total. The Kier molecular flexibility index (Phi) is 7.51. The van der Waals surface area contributed by atoms with Crippen LogP contribution >= 0.6 is 11.6 Å². The lowest BCUT2D eigenvalue weighted by atomic mass is 9.98. The Morgan fingerprint density at radius 3 is 2.34 bits per heavy atom. The first-order chi connectivity index (χ1) is 13.7. The van der Waals surface area contributed by atoms with Crippen LogP contribution in [0.3, 0.4) is 0 Å². The van der Waals surface area contributed by atoms with Crippen LogP contribution < -0.4 is 14.8 Å². The molecule has 29 heavy (non-hydrogen) atoms. The van der Waals surface area contributed by atoms with Crippen LogP contribution in [0.15, 0.2) is 30.3 Å². The Morgan fingerprint density at radius 1 is 1.07 bits per heavy atom. The summed E-state index contributed by atoms with van der Waals surface area (Å²) in [6.07, 6.45) is -1.01. The molecule has 2 aromatic rings. The largest absolute Gasteiger partial charge is 0.493 e. The zero-order valence-electron chi connectivity index (χ0n) is 17.5. The van der Waals surface area contributed by atoms with E-state index < -0.39 is 18.0 Å².